The molecule has 3 rings (SSSR count). The third-order valence-corrected chi connectivity index (χ3v) is 3.43. The van der Waals surface area contributed by atoms with Gasteiger partial charge < -0.3 is 9.13 Å². The lowest BCUT2D eigenvalue weighted by Gasteiger charge is -2.09. The van der Waals surface area contributed by atoms with E-state index in [1.165, 1.54) is 10.6 Å². The molecule has 0 radical (unpaired) electrons. The van der Waals surface area contributed by atoms with Crippen LogP contribution in [0.3, 0.4) is 0 Å². The number of nitrogens with zero attached hydrogens (tertiary/aromatic N) is 2. The Bertz CT molecular complexity index is 843. The van der Waals surface area contributed by atoms with Gasteiger partial charge in [-0.3, -0.25) is 9.59 Å². The van der Waals surface area contributed by atoms with E-state index in [4.69, 9.17) is 0 Å². The Morgan fingerprint density at radius 2 is 1.85 bits per heavy atom. The summed E-state index contributed by atoms with van der Waals surface area (Å²) in [5.74, 6) is -0.0732. The summed E-state index contributed by atoms with van der Waals surface area (Å²) in [4.78, 5) is 24.3. The molecule has 2 heterocycles. The number of Topliss-reactive ketones (excluding diaryl/α,β-unsaturated/α-hetero) is 1. The number of fused-ring (bicyclic) bond motifs is 1. The van der Waals surface area contributed by atoms with Crippen molar-refractivity contribution in [2.75, 3.05) is 0 Å². The van der Waals surface area contributed by atoms with Crippen LogP contribution in [-0.2, 0) is 13.6 Å². The number of aromatic nitrogens is 2. The predicted molar refractivity (Wildman–Crippen MR) is 78.0 cm³/mol. The van der Waals surface area contributed by atoms with Gasteiger partial charge in [0.25, 0.3) is 5.56 Å². The van der Waals surface area contributed by atoms with Crippen molar-refractivity contribution in [1.82, 2.24) is 9.13 Å². The van der Waals surface area contributed by atoms with E-state index >= 15 is 0 Å². The average Bonchev–Trinajstić information content (AvgIpc) is 2.88. The fourth-order valence-electron chi connectivity index (χ4n) is 2.38. The van der Waals surface area contributed by atoms with E-state index in [9.17, 15) is 9.59 Å². The van der Waals surface area contributed by atoms with Gasteiger partial charge in [0, 0.05) is 19.3 Å². The van der Waals surface area contributed by atoms with Crippen LogP contribution in [0.4, 0.5) is 0 Å². The van der Waals surface area contributed by atoms with Gasteiger partial charge in [0.1, 0.15) is 0 Å². The Morgan fingerprint density at radius 1 is 1.05 bits per heavy atom. The Labute approximate surface area is 115 Å². The van der Waals surface area contributed by atoms with Crippen LogP contribution in [0.25, 0.3) is 10.9 Å². The minimum absolute atomic E-state index is 0.0536. The van der Waals surface area contributed by atoms with Crippen molar-refractivity contribution >= 4 is 16.7 Å². The molecule has 1 aromatic carbocycles. The lowest BCUT2D eigenvalue weighted by atomic mass is 10.2. The van der Waals surface area contributed by atoms with Crippen LogP contribution in [-0.4, -0.2) is 14.9 Å². The first-order chi connectivity index (χ1) is 9.66. The predicted octanol–water partition coefficient (Wildman–Crippen LogP) is 2.22. The zero-order chi connectivity index (χ0) is 14.1. The van der Waals surface area contributed by atoms with E-state index in [0.717, 1.165) is 10.9 Å². The molecule has 4 nitrogen and oxygen atoms in total. The molecule has 0 spiro atoms. The molecule has 0 amide bonds. The number of hydrogen-bond donors (Lipinski definition) is 0. The van der Waals surface area contributed by atoms with Gasteiger partial charge in [-0.05, 0) is 29.7 Å². The van der Waals surface area contributed by atoms with Crippen molar-refractivity contribution in [3.05, 3.63) is 70.8 Å². The van der Waals surface area contributed by atoms with E-state index in [1.807, 2.05) is 43.6 Å². The monoisotopic (exact) mass is 266 g/mol. The molecule has 4 heteroatoms. The Balaban J connectivity index is 2.07. The van der Waals surface area contributed by atoms with Crippen LogP contribution in [0.1, 0.15) is 10.5 Å². The third kappa shape index (κ3) is 2.05. The van der Waals surface area contributed by atoms with Crippen LogP contribution in [0.5, 0.6) is 0 Å². The number of carbonyl (C=O) groups is 1. The SMILES string of the molecule is Cn1cccc1C(=O)Cn1c(=O)ccc2ccccc21. The van der Waals surface area contributed by atoms with E-state index in [1.54, 1.807) is 16.7 Å². The van der Waals surface area contributed by atoms with Crippen molar-refractivity contribution in [3.63, 3.8) is 0 Å². The highest BCUT2D eigenvalue weighted by atomic mass is 16.1. The molecule has 0 aliphatic heterocycles. The molecule has 0 fully saturated rings. The molecule has 2 aromatic heterocycles. The lowest BCUT2D eigenvalue weighted by molar-refractivity contribution is 0.0964. The number of rotatable bonds is 3. The first-order valence-electron chi connectivity index (χ1n) is 6.40. The van der Waals surface area contributed by atoms with Crippen LogP contribution in [0, 0.1) is 0 Å². The second-order valence-electron chi connectivity index (χ2n) is 4.74. The fraction of sp³-hybridized carbons (Fsp3) is 0.125. The van der Waals surface area contributed by atoms with Crippen LogP contribution in [0.2, 0.25) is 0 Å². The Morgan fingerprint density at radius 3 is 2.60 bits per heavy atom. The van der Waals surface area contributed by atoms with Gasteiger partial charge in [0.15, 0.2) is 5.78 Å². The maximum Gasteiger partial charge on any atom is 0.251 e. The maximum absolute atomic E-state index is 12.3. The second kappa shape index (κ2) is 4.81. The summed E-state index contributed by atoms with van der Waals surface area (Å²) in [6.45, 7) is 0.0536. The fourth-order valence-corrected chi connectivity index (χ4v) is 2.38. The molecule has 0 saturated carbocycles. The van der Waals surface area contributed by atoms with Crippen LogP contribution < -0.4 is 5.56 Å². The molecule has 0 atom stereocenters. The Hall–Kier alpha value is -2.62. The normalized spacial score (nSPS) is 10.8. The summed E-state index contributed by atoms with van der Waals surface area (Å²) in [5.41, 5.74) is 1.22. The van der Waals surface area contributed by atoms with Gasteiger partial charge in [-0.1, -0.05) is 18.2 Å². The van der Waals surface area contributed by atoms with Gasteiger partial charge in [0.2, 0.25) is 0 Å². The highest BCUT2D eigenvalue weighted by Gasteiger charge is 2.12. The summed E-state index contributed by atoms with van der Waals surface area (Å²) >= 11 is 0. The van der Waals surface area contributed by atoms with Gasteiger partial charge in [-0.2, -0.15) is 0 Å². The highest BCUT2D eigenvalue weighted by Crippen LogP contribution is 2.12. The minimum Gasteiger partial charge on any atom is -0.348 e. The van der Waals surface area contributed by atoms with E-state index < -0.39 is 0 Å². The molecular formula is C16H14N2O2. The quantitative estimate of drug-likeness (QED) is 0.682. The van der Waals surface area contributed by atoms with Crippen LogP contribution >= 0.6 is 0 Å². The smallest absolute Gasteiger partial charge is 0.251 e. The highest BCUT2D eigenvalue weighted by molar-refractivity contribution is 5.95. The van der Waals surface area contributed by atoms with Gasteiger partial charge in [0.05, 0.1) is 17.8 Å². The molecule has 0 aliphatic rings. The number of carbonyl (C=O) groups excluding carboxylic acids is 1. The molecule has 3 aromatic rings. The van der Waals surface area contributed by atoms with Crippen molar-refractivity contribution in [2.45, 2.75) is 6.54 Å². The van der Waals surface area contributed by atoms with Gasteiger partial charge >= 0.3 is 0 Å². The summed E-state index contributed by atoms with van der Waals surface area (Å²) in [5, 5.41) is 0.951. The third-order valence-electron chi connectivity index (χ3n) is 3.43. The molecule has 0 N–H and O–H groups in total. The second-order valence-corrected chi connectivity index (χ2v) is 4.74. The van der Waals surface area contributed by atoms with Crippen molar-refractivity contribution < 1.29 is 4.79 Å². The summed E-state index contributed by atoms with van der Waals surface area (Å²) in [6, 6.07) is 14.4. The molecule has 0 unspecified atom stereocenters. The van der Waals surface area contributed by atoms with Crippen molar-refractivity contribution in [1.29, 1.82) is 0 Å². The minimum atomic E-state index is -0.161. The number of ketones is 1. The van der Waals surface area contributed by atoms with Gasteiger partial charge in [-0.15, -0.1) is 0 Å². The summed E-state index contributed by atoms with van der Waals surface area (Å²) in [7, 11) is 1.82. The number of para-hydroxylation sites is 1. The Kier molecular flexibility index (Phi) is 2.99. The molecule has 20 heavy (non-hydrogen) atoms. The zero-order valence-corrected chi connectivity index (χ0v) is 11.1. The first-order valence-corrected chi connectivity index (χ1v) is 6.40. The molecule has 100 valence electrons. The van der Waals surface area contributed by atoms with Gasteiger partial charge in [-0.25, -0.2) is 0 Å². The summed E-state index contributed by atoms with van der Waals surface area (Å²) < 4.78 is 3.28. The molecular weight excluding hydrogens is 252 g/mol. The average molecular weight is 266 g/mol. The maximum atomic E-state index is 12.3. The molecule has 0 bridgehead atoms. The molecule has 0 aliphatic carbocycles. The van der Waals surface area contributed by atoms with E-state index in [2.05, 4.69) is 0 Å². The topological polar surface area (TPSA) is 44.0 Å². The van der Waals surface area contributed by atoms with Crippen molar-refractivity contribution in [3.8, 4) is 0 Å². The molecule has 0 saturated heterocycles. The number of hydrogen-bond acceptors (Lipinski definition) is 2. The van der Waals surface area contributed by atoms with Crippen molar-refractivity contribution in [2.24, 2.45) is 7.05 Å². The standard InChI is InChI=1S/C16H14N2O2/c1-17-10-4-7-14(17)15(19)11-18-13-6-3-2-5-12(13)8-9-16(18)20/h2-10H,11H2,1H3. The summed E-state index contributed by atoms with van der Waals surface area (Å²) in [6.07, 6.45) is 1.82. The number of pyridine rings is 1. The zero-order valence-electron chi connectivity index (χ0n) is 11.1. The first kappa shape index (κ1) is 12.4. The number of benzene rings is 1. The van der Waals surface area contributed by atoms with E-state index in [0.29, 0.717) is 5.69 Å². The largest absolute Gasteiger partial charge is 0.348 e. The van der Waals surface area contributed by atoms with E-state index in [-0.39, 0.29) is 17.9 Å². The lowest BCUT2D eigenvalue weighted by Crippen LogP contribution is -2.24. The number of aryl methyl sites for hydroxylation is 1. The van der Waals surface area contributed by atoms with Crippen LogP contribution in [0.15, 0.2) is 59.5 Å².